The number of esters is 1. The van der Waals surface area contributed by atoms with Crippen molar-refractivity contribution in [3.8, 4) is 0 Å². The molecule has 1 rings (SSSR count). The van der Waals surface area contributed by atoms with E-state index in [1.165, 1.54) is 69.9 Å². The minimum Gasteiger partial charge on any atom is -0.464 e. The van der Waals surface area contributed by atoms with Crippen LogP contribution in [0, 0.1) is 0 Å². The third kappa shape index (κ3) is 12.4. The molecule has 1 aromatic rings. The van der Waals surface area contributed by atoms with Gasteiger partial charge in [0.1, 0.15) is 6.54 Å². The van der Waals surface area contributed by atoms with Crippen LogP contribution < -0.4 is 5.32 Å². The molecule has 0 saturated heterocycles. The summed E-state index contributed by atoms with van der Waals surface area (Å²) in [6.45, 7) is 2.02. The van der Waals surface area contributed by atoms with Gasteiger partial charge in [0.25, 0.3) is 5.91 Å². The largest absolute Gasteiger partial charge is 0.464 e. The van der Waals surface area contributed by atoms with Gasteiger partial charge in [-0.1, -0.05) is 89.7 Å². The molecule has 1 N–H and O–H groups in total. The van der Waals surface area contributed by atoms with Crippen LogP contribution in [0.3, 0.4) is 0 Å². The van der Waals surface area contributed by atoms with Crippen LogP contribution >= 0.6 is 0 Å². The van der Waals surface area contributed by atoms with Gasteiger partial charge in [-0.15, -0.1) is 0 Å². The molecule has 176 valence electrons. The average Bonchev–Trinajstić information content (AvgIpc) is 2.74. The van der Waals surface area contributed by atoms with E-state index in [0.717, 1.165) is 31.4 Å². The molecule has 0 bridgehead atoms. The molecule has 4 nitrogen and oxygen atoms in total. The number of nitrogens with one attached hydrogen (secondary N) is 1. The average molecular weight is 444 g/mol. The number of benzene rings is 1. The Balaban J connectivity index is 2.06. The maximum atomic E-state index is 12.9. The van der Waals surface area contributed by atoms with E-state index in [2.05, 4.69) is 12.2 Å². The van der Waals surface area contributed by atoms with Gasteiger partial charge >= 0.3 is 12.1 Å². The number of unbranched alkanes of at least 4 members (excludes halogenated alkanes) is 11. The van der Waals surface area contributed by atoms with E-state index in [4.69, 9.17) is 4.74 Å². The number of hydrogen-bond acceptors (Lipinski definition) is 3. The van der Waals surface area contributed by atoms with E-state index in [0.29, 0.717) is 0 Å². The van der Waals surface area contributed by atoms with Crippen molar-refractivity contribution in [1.82, 2.24) is 5.32 Å². The second-order valence-corrected chi connectivity index (χ2v) is 7.84. The SMILES string of the molecule is CCCCCCCCCCCCCCOC(=O)CNC(=O)c1ccccc1C(F)(F)F. The van der Waals surface area contributed by atoms with Crippen LogP contribution in [-0.2, 0) is 15.7 Å². The molecular weight excluding hydrogens is 407 g/mol. The minimum absolute atomic E-state index is 0.255. The molecule has 0 aliphatic carbocycles. The Bertz CT molecular complexity index is 647. The maximum Gasteiger partial charge on any atom is 0.417 e. The highest BCUT2D eigenvalue weighted by Gasteiger charge is 2.34. The predicted molar refractivity (Wildman–Crippen MR) is 116 cm³/mol. The Kier molecular flexibility index (Phi) is 13.7. The molecule has 31 heavy (non-hydrogen) atoms. The molecule has 0 aromatic heterocycles. The minimum atomic E-state index is -4.64. The van der Waals surface area contributed by atoms with Crippen molar-refractivity contribution in [2.45, 2.75) is 90.1 Å². The molecule has 0 aliphatic rings. The topological polar surface area (TPSA) is 55.4 Å². The fourth-order valence-electron chi connectivity index (χ4n) is 3.36. The smallest absolute Gasteiger partial charge is 0.417 e. The van der Waals surface area contributed by atoms with Gasteiger partial charge in [-0.05, 0) is 18.6 Å². The second-order valence-electron chi connectivity index (χ2n) is 7.84. The number of rotatable bonds is 16. The van der Waals surface area contributed by atoms with Gasteiger partial charge in [-0.25, -0.2) is 0 Å². The molecule has 0 atom stereocenters. The third-order valence-electron chi connectivity index (χ3n) is 5.13. The zero-order chi connectivity index (χ0) is 23.0. The van der Waals surface area contributed by atoms with Crippen molar-refractivity contribution >= 4 is 11.9 Å². The molecular formula is C24H36F3NO3. The molecule has 0 unspecified atom stereocenters. The summed E-state index contributed by atoms with van der Waals surface area (Å²) in [7, 11) is 0. The third-order valence-corrected chi connectivity index (χ3v) is 5.13. The number of carbonyl (C=O) groups is 2. The monoisotopic (exact) mass is 443 g/mol. The standard InChI is InChI=1S/C24H36F3NO3/c1-2-3-4-5-6-7-8-9-10-11-12-15-18-31-22(29)19-28-23(30)20-16-13-14-17-21(20)24(25,26)27/h13-14,16-17H,2-12,15,18-19H2,1H3,(H,28,30). The first-order chi connectivity index (χ1) is 14.9. The van der Waals surface area contributed by atoms with Gasteiger partial charge in [0, 0.05) is 0 Å². The molecule has 0 radical (unpaired) electrons. The number of alkyl halides is 3. The number of hydrogen-bond donors (Lipinski definition) is 1. The van der Waals surface area contributed by atoms with Gasteiger partial charge in [-0.2, -0.15) is 13.2 Å². The van der Waals surface area contributed by atoms with Crippen molar-refractivity contribution in [3.63, 3.8) is 0 Å². The quantitative estimate of drug-likeness (QED) is 0.229. The number of ether oxygens (including phenoxy) is 1. The predicted octanol–water partition coefficient (Wildman–Crippen LogP) is 6.68. The van der Waals surface area contributed by atoms with E-state index in [9.17, 15) is 22.8 Å². The highest BCUT2D eigenvalue weighted by Crippen LogP contribution is 2.31. The Morgan fingerprint density at radius 1 is 0.839 bits per heavy atom. The fraction of sp³-hybridized carbons (Fsp3) is 0.667. The van der Waals surface area contributed by atoms with Crippen LogP contribution in [0.25, 0.3) is 0 Å². The summed E-state index contributed by atoms with van der Waals surface area (Å²) in [4.78, 5) is 23.7. The van der Waals surface area contributed by atoms with Gasteiger partial charge in [-0.3, -0.25) is 9.59 Å². The van der Waals surface area contributed by atoms with Crippen LogP contribution in [0.1, 0.15) is 99.9 Å². The Labute approximate surface area is 183 Å². The summed E-state index contributed by atoms with van der Waals surface area (Å²) in [5, 5.41) is 2.19. The van der Waals surface area contributed by atoms with Gasteiger partial charge in [0.15, 0.2) is 0 Å². The van der Waals surface area contributed by atoms with Gasteiger partial charge in [0.2, 0.25) is 0 Å². The first-order valence-corrected chi connectivity index (χ1v) is 11.5. The summed E-state index contributed by atoms with van der Waals surface area (Å²) < 4.78 is 43.9. The molecule has 0 aliphatic heterocycles. The van der Waals surface area contributed by atoms with Crippen molar-refractivity contribution in [1.29, 1.82) is 0 Å². The number of halogens is 3. The van der Waals surface area contributed by atoms with Crippen LogP contribution in [0.15, 0.2) is 24.3 Å². The first-order valence-electron chi connectivity index (χ1n) is 11.5. The van der Waals surface area contributed by atoms with Crippen molar-refractivity contribution in [2.24, 2.45) is 0 Å². The molecule has 0 spiro atoms. The Morgan fingerprint density at radius 3 is 1.90 bits per heavy atom. The summed E-state index contributed by atoms with van der Waals surface area (Å²) in [5.74, 6) is -1.60. The maximum absolute atomic E-state index is 12.9. The Hall–Kier alpha value is -2.05. The molecule has 1 amide bonds. The fourth-order valence-corrected chi connectivity index (χ4v) is 3.36. The zero-order valence-electron chi connectivity index (χ0n) is 18.6. The summed E-state index contributed by atoms with van der Waals surface area (Å²) >= 11 is 0. The summed E-state index contributed by atoms with van der Waals surface area (Å²) in [5.41, 5.74) is -1.54. The molecule has 0 saturated carbocycles. The lowest BCUT2D eigenvalue weighted by molar-refractivity contribution is -0.142. The van der Waals surface area contributed by atoms with E-state index in [1.807, 2.05) is 0 Å². The van der Waals surface area contributed by atoms with Crippen molar-refractivity contribution in [2.75, 3.05) is 13.2 Å². The van der Waals surface area contributed by atoms with E-state index < -0.39 is 35.7 Å². The van der Waals surface area contributed by atoms with Crippen LogP contribution in [0.5, 0.6) is 0 Å². The highest BCUT2D eigenvalue weighted by molar-refractivity contribution is 5.97. The molecule has 1 aromatic carbocycles. The first kappa shape index (κ1) is 27.0. The van der Waals surface area contributed by atoms with Crippen LogP contribution in [-0.4, -0.2) is 25.0 Å². The normalized spacial score (nSPS) is 11.4. The van der Waals surface area contributed by atoms with Gasteiger partial charge < -0.3 is 10.1 Å². The van der Waals surface area contributed by atoms with Crippen molar-refractivity contribution < 1.29 is 27.5 Å². The van der Waals surface area contributed by atoms with Crippen LogP contribution in [0.2, 0.25) is 0 Å². The van der Waals surface area contributed by atoms with E-state index in [1.54, 1.807) is 0 Å². The van der Waals surface area contributed by atoms with E-state index in [-0.39, 0.29) is 6.61 Å². The molecule has 0 fully saturated rings. The highest BCUT2D eigenvalue weighted by atomic mass is 19.4. The second kappa shape index (κ2) is 15.7. The molecule has 7 heteroatoms. The number of amides is 1. The lowest BCUT2D eigenvalue weighted by Crippen LogP contribution is -2.32. The summed E-state index contributed by atoms with van der Waals surface area (Å²) in [6, 6.07) is 4.47. The van der Waals surface area contributed by atoms with Crippen LogP contribution in [0.4, 0.5) is 13.2 Å². The zero-order valence-corrected chi connectivity index (χ0v) is 18.6. The van der Waals surface area contributed by atoms with E-state index >= 15 is 0 Å². The van der Waals surface area contributed by atoms with Crippen molar-refractivity contribution in [3.05, 3.63) is 35.4 Å². The molecule has 0 heterocycles. The summed E-state index contributed by atoms with van der Waals surface area (Å²) in [6.07, 6.45) is 9.80. The lowest BCUT2D eigenvalue weighted by Gasteiger charge is -2.12. The Morgan fingerprint density at radius 2 is 1.35 bits per heavy atom. The van der Waals surface area contributed by atoms with Gasteiger partial charge in [0.05, 0.1) is 17.7 Å². The number of carbonyl (C=O) groups excluding carboxylic acids is 2. The lowest BCUT2D eigenvalue weighted by atomic mass is 10.1.